The molecule has 0 spiro atoms. The van der Waals surface area contributed by atoms with Crippen LogP contribution >= 0.6 is 0 Å². The molecule has 1 aliphatic heterocycles. The molecule has 3 aromatic rings. The standard InChI is InChI=1S/C22H26N6O5S/c1-3-15-6-7-16(22(30)33-2)11-21(15)34(31,32)24-19-12-17(28-14-23-25-26-28)8-9-20(19)27-10-4-5-18(29)13-27/h6-9,11-12,14,18,24,29H,3-5,10,13H2,1-2H3. The minimum atomic E-state index is -4.09. The lowest BCUT2D eigenvalue weighted by Gasteiger charge is -2.33. The molecule has 2 N–H and O–H groups in total. The normalized spacial score (nSPS) is 16.3. The first-order valence-corrected chi connectivity index (χ1v) is 12.3. The smallest absolute Gasteiger partial charge is 0.337 e. The first-order chi connectivity index (χ1) is 16.3. The number of aromatic nitrogens is 4. The van der Waals surface area contributed by atoms with Crippen molar-refractivity contribution >= 4 is 27.4 Å². The van der Waals surface area contributed by atoms with E-state index in [4.69, 9.17) is 4.74 Å². The number of hydrogen-bond donors (Lipinski definition) is 2. The van der Waals surface area contributed by atoms with Crippen LogP contribution in [0.25, 0.3) is 5.69 Å². The Balaban J connectivity index is 1.78. The second-order valence-electron chi connectivity index (χ2n) is 7.97. The van der Waals surface area contributed by atoms with Crippen LogP contribution in [-0.4, -0.2) is 66.0 Å². The molecular formula is C22H26N6O5S. The Morgan fingerprint density at radius 1 is 1.26 bits per heavy atom. The monoisotopic (exact) mass is 486 g/mol. The fourth-order valence-corrected chi connectivity index (χ4v) is 5.42. The summed E-state index contributed by atoms with van der Waals surface area (Å²) in [5.41, 5.74) is 2.20. The molecule has 1 aromatic heterocycles. The molecule has 1 unspecified atom stereocenters. The van der Waals surface area contributed by atoms with Gasteiger partial charge in [0.15, 0.2) is 0 Å². The van der Waals surface area contributed by atoms with Gasteiger partial charge in [0.1, 0.15) is 6.33 Å². The highest BCUT2D eigenvalue weighted by atomic mass is 32.2. The van der Waals surface area contributed by atoms with Gasteiger partial charge in [-0.2, -0.15) is 0 Å². The van der Waals surface area contributed by atoms with Gasteiger partial charge < -0.3 is 14.7 Å². The number of aliphatic hydroxyl groups is 1. The number of rotatable bonds is 7. The van der Waals surface area contributed by atoms with Gasteiger partial charge in [-0.3, -0.25) is 4.72 Å². The minimum absolute atomic E-state index is 0.00430. The highest BCUT2D eigenvalue weighted by Crippen LogP contribution is 2.33. The fourth-order valence-electron chi connectivity index (χ4n) is 4.02. The van der Waals surface area contributed by atoms with Gasteiger partial charge in [0, 0.05) is 13.1 Å². The van der Waals surface area contributed by atoms with Gasteiger partial charge in [0.05, 0.1) is 40.7 Å². The molecule has 0 aliphatic carbocycles. The molecule has 2 heterocycles. The van der Waals surface area contributed by atoms with Gasteiger partial charge >= 0.3 is 5.97 Å². The van der Waals surface area contributed by atoms with Crippen LogP contribution in [0.15, 0.2) is 47.6 Å². The van der Waals surface area contributed by atoms with E-state index in [2.05, 4.69) is 20.2 Å². The second kappa shape index (κ2) is 9.77. The van der Waals surface area contributed by atoms with Crippen molar-refractivity contribution in [3.05, 3.63) is 53.9 Å². The third-order valence-electron chi connectivity index (χ3n) is 5.73. The van der Waals surface area contributed by atoms with Crippen molar-refractivity contribution in [2.45, 2.75) is 37.2 Å². The number of carbonyl (C=O) groups excluding carboxylic acids is 1. The molecule has 180 valence electrons. The molecule has 1 atom stereocenters. The Kier molecular flexibility index (Phi) is 6.80. The Morgan fingerprint density at radius 3 is 2.76 bits per heavy atom. The van der Waals surface area contributed by atoms with E-state index >= 15 is 0 Å². The molecule has 1 fully saturated rings. The van der Waals surface area contributed by atoms with Gasteiger partial charge in [0.25, 0.3) is 10.0 Å². The third-order valence-corrected chi connectivity index (χ3v) is 7.18. The van der Waals surface area contributed by atoms with E-state index in [0.29, 0.717) is 48.6 Å². The zero-order chi connectivity index (χ0) is 24.3. The molecule has 12 heteroatoms. The summed E-state index contributed by atoms with van der Waals surface area (Å²) in [7, 11) is -2.85. The molecule has 34 heavy (non-hydrogen) atoms. The number of β-amino-alcohol motifs (C(OH)–C–C–N with tert-alkyl or cyclic N) is 1. The largest absolute Gasteiger partial charge is 0.465 e. The molecule has 0 bridgehead atoms. The Labute approximate surface area is 197 Å². The number of carbonyl (C=O) groups is 1. The first kappa shape index (κ1) is 23.6. The Hall–Kier alpha value is -3.51. The number of esters is 1. The number of methoxy groups -OCH3 is 1. The summed E-state index contributed by atoms with van der Waals surface area (Å²) in [6.07, 6.45) is 2.84. The molecule has 0 amide bonds. The number of aryl methyl sites for hydroxylation is 1. The molecule has 0 saturated carbocycles. The number of hydrogen-bond acceptors (Lipinski definition) is 9. The van der Waals surface area contributed by atoms with Crippen molar-refractivity contribution in [3.8, 4) is 5.69 Å². The highest BCUT2D eigenvalue weighted by molar-refractivity contribution is 7.92. The van der Waals surface area contributed by atoms with Crippen molar-refractivity contribution in [3.63, 3.8) is 0 Å². The lowest BCUT2D eigenvalue weighted by Crippen LogP contribution is -2.38. The Bertz CT molecular complexity index is 1280. The van der Waals surface area contributed by atoms with Gasteiger partial charge in [-0.15, -0.1) is 5.10 Å². The Morgan fingerprint density at radius 2 is 2.09 bits per heavy atom. The first-order valence-electron chi connectivity index (χ1n) is 10.9. The van der Waals surface area contributed by atoms with E-state index in [0.717, 1.165) is 6.42 Å². The van der Waals surface area contributed by atoms with Crippen LogP contribution in [0, 0.1) is 0 Å². The number of sulfonamides is 1. The maximum atomic E-state index is 13.6. The maximum Gasteiger partial charge on any atom is 0.337 e. The molecule has 2 aromatic carbocycles. The molecule has 11 nitrogen and oxygen atoms in total. The maximum absolute atomic E-state index is 13.6. The average molecular weight is 487 g/mol. The summed E-state index contributed by atoms with van der Waals surface area (Å²) in [4.78, 5) is 14.0. The van der Waals surface area contributed by atoms with Crippen molar-refractivity contribution in [2.24, 2.45) is 0 Å². The van der Waals surface area contributed by atoms with E-state index in [1.165, 1.54) is 24.2 Å². The third kappa shape index (κ3) is 4.87. The lowest BCUT2D eigenvalue weighted by atomic mass is 10.1. The van der Waals surface area contributed by atoms with Gasteiger partial charge in [-0.05, 0) is 65.6 Å². The van der Waals surface area contributed by atoms with Crippen LogP contribution in [0.3, 0.4) is 0 Å². The number of piperidine rings is 1. The highest BCUT2D eigenvalue weighted by Gasteiger charge is 2.25. The van der Waals surface area contributed by atoms with Crippen LogP contribution in [0.1, 0.15) is 35.7 Å². The van der Waals surface area contributed by atoms with Crippen molar-refractivity contribution in [1.82, 2.24) is 20.2 Å². The summed E-state index contributed by atoms with van der Waals surface area (Å²) < 4.78 is 36.0. The fraction of sp³-hybridized carbons (Fsp3) is 0.364. The summed E-state index contributed by atoms with van der Waals surface area (Å²) >= 11 is 0. The molecule has 1 saturated heterocycles. The predicted molar refractivity (Wildman–Crippen MR) is 125 cm³/mol. The molecule has 4 rings (SSSR count). The van der Waals surface area contributed by atoms with Crippen LogP contribution in [0.4, 0.5) is 11.4 Å². The van der Waals surface area contributed by atoms with E-state index in [-0.39, 0.29) is 10.5 Å². The van der Waals surface area contributed by atoms with Gasteiger partial charge in [-0.25, -0.2) is 17.9 Å². The minimum Gasteiger partial charge on any atom is -0.465 e. The molecular weight excluding hydrogens is 460 g/mol. The quantitative estimate of drug-likeness (QED) is 0.478. The lowest BCUT2D eigenvalue weighted by molar-refractivity contribution is 0.0600. The zero-order valence-corrected chi connectivity index (χ0v) is 19.7. The summed E-state index contributed by atoms with van der Waals surface area (Å²) in [5.74, 6) is -0.622. The van der Waals surface area contributed by atoms with Gasteiger partial charge in [-0.1, -0.05) is 13.0 Å². The topological polar surface area (TPSA) is 140 Å². The van der Waals surface area contributed by atoms with Gasteiger partial charge in [0.2, 0.25) is 0 Å². The number of aliphatic hydroxyl groups excluding tert-OH is 1. The van der Waals surface area contributed by atoms with Crippen molar-refractivity contribution < 1.29 is 23.1 Å². The van der Waals surface area contributed by atoms with E-state index in [1.54, 1.807) is 30.3 Å². The van der Waals surface area contributed by atoms with E-state index < -0.39 is 22.1 Å². The molecule has 1 aliphatic rings. The van der Waals surface area contributed by atoms with Crippen LogP contribution < -0.4 is 9.62 Å². The number of anilines is 2. The van der Waals surface area contributed by atoms with Crippen molar-refractivity contribution in [1.29, 1.82) is 0 Å². The summed E-state index contributed by atoms with van der Waals surface area (Å²) in [5, 5.41) is 21.3. The number of ether oxygens (including phenoxy) is 1. The van der Waals surface area contributed by atoms with Crippen LogP contribution in [0.2, 0.25) is 0 Å². The summed E-state index contributed by atoms with van der Waals surface area (Å²) in [6.45, 7) is 2.90. The van der Waals surface area contributed by atoms with E-state index in [9.17, 15) is 18.3 Å². The number of nitrogens with zero attached hydrogens (tertiary/aromatic N) is 5. The SMILES string of the molecule is CCc1ccc(C(=O)OC)cc1S(=O)(=O)Nc1cc(-n2cnnn2)ccc1N1CCCC(O)C1. The average Bonchev–Trinajstić information content (AvgIpc) is 3.38. The zero-order valence-electron chi connectivity index (χ0n) is 18.9. The number of benzene rings is 2. The molecule has 0 radical (unpaired) electrons. The van der Waals surface area contributed by atoms with Crippen molar-refractivity contribution in [2.75, 3.05) is 29.8 Å². The number of nitrogens with one attached hydrogen (secondary N) is 1. The van der Waals surface area contributed by atoms with Crippen LogP contribution in [0.5, 0.6) is 0 Å². The number of tetrazole rings is 1. The van der Waals surface area contributed by atoms with E-state index in [1.807, 2.05) is 11.8 Å². The summed E-state index contributed by atoms with van der Waals surface area (Å²) in [6, 6.07) is 9.67. The second-order valence-corrected chi connectivity index (χ2v) is 9.62. The predicted octanol–water partition coefficient (Wildman–Crippen LogP) is 1.77. The van der Waals surface area contributed by atoms with Crippen LogP contribution in [-0.2, 0) is 21.2 Å².